The highest BCUT2D eigenvalue weighted by atomic mass is 19.1. The van der Waals surface area contributed by atoms with Crippen LogP contribution in [0, 0.1) is 17.1 Å². The molecule has 0 amide bonds. The van der Waals surface area contributed by atoms with Crippen LogP contribution in [0.1, 0.15) is 11.1 Å². The van der Waals surface area contributed by atoms with Crippen LogP contribution in [0.15, 0.2) is 24.8 Å². The van der Waals surface area contributed by atoms with Crippen molar-refractivity contribution >= 4 is 6.08 Å². The molecular formula is C9H6FN. The monoisotopic (exact) mass is 147 g/mol. The molecule has 0 aliphatic rings. The van der Waals surface area contributed by atoms with Crippen LogP contribution in [-0.2, 0) is 0 Å². The molecule has 1 rings (SSSR count). The first kappa shape index (κ1) is 7.49. The Kier molecular flexibility index (Phi) is 2.03. The summed E-state index contributed by atoms with van der Waals surface area (Å²) < 4.78 is 13.0. The van der Waals surface area contributed by atoms with E-state index in [0.717, 1.165) is 0 Å². The Morgan fingerprint density at radius 3 is 2.82 bits per heavy atom. The van der Waals surface area contributed by atoms with Gasteiger partial charge in [0.25, 0.3) is 0 Å². The number of nitrogens with zero attached hydrogens (tertiary/aromatic N) is 1. The third kappa shape index (κ3) is 1.27. The molecule has 0 heterocycles. The standard InChI is InChI=1S/C9H6FN/c1-2-7-4-3-5-8(6-11)9(7)10/h2-5H,1H2. The maximum atomic E-state index is 13.0. The molecular weight excluding hydrogens is 141 g/mol. The summed E-state index contributed by atoms with van der Waals surface area (Å²) in [6.45, 7) is 3.42. The number of rotatable bonds is 1. The molecule has 0 saturated heterocycles. The van der Waals surface area contributed by atoms with Crippen LogP contribution in [0.5, 0.6) is 0 Å². The lowest BCUT2D eigenvalue weighted by Crippen LogP contribution is -1.86. The van der Waals surface area contributed by atoms with Gasteiger partial charge in [-0.1, -0.05) is 24.8 Å². The van der Waals surface area contributed by atoms with Crippen molar-refractivity contribution in [3.05, 3.63) is 41.7 Å². The van der Waals surface area contributed by atoms with Gasteiger partial charge in [0, 0.05) is 5.56 Å². The average Bonchev–Trinajstić information content (AvgIpc) is 2.05. The number of hydrogen-bond acceptors (Lipinski definition) is 1. The molecule has 0 atom stereocenters. The zero-order valence-corrected chi connectivity index (χ0v) is 5.84. The summed E-state index contributed by atoms with van der Waals surface area (Å²) >= 11 is 0. The van der Waals surface area contributed by atoms with Crippen molar-refractivity contribution in [1.29, 1.82) is 5.26 Å². The molecule has 0 bridgehead atoms. The second-order valence-corrected chi connectivity index (χ2v) is 2.02. The summed E-state index contributed by atoms with van der Waals surface area (Å²) in [5.74, 6) is -0.495. The topological polar surface area (TPSA) is 23.8 Å². The second kappa shape index (κ2) is 2.98. The Morgan fingerprint density at radius 1 is 1.55 bits per heavy atom. The van der Waals surface area contributed by atoms with Crippen LogP contribution in [-0.4, -0.2) is 0 Å². The van der Waals surface area contributed by atoms with Crippen molar-refractivity contribution in [2.24, 2.45) is 0 Å². The lowest BCUT2D eigenvalue weighted by Gasteiger charge is -1.95. The van der Waals surface area contributed by atoms with Gasteiger partial charge in [-0.05, 0) is 6.07 Å². The highest BCUT2D eigenvalue weighted by molar-refractivity contribution is 5.51. The fourth-order valence-electron chi connectivity index (χ4n) is 0.794. The molecule has 11 heavy (non-hydrogen) atoms. The zero-order valence-electron chi connectivity index (χ0n) is 5.84. The smallest absolute Gasteiger partial charge is 0.148 e. The highest BCUT2D eigenvalue weighted by Gasteiger charge is 2.02. The van der Waals surface area contributed by atoms with E-state index in [2.05, 4.69) is 6.58 Å². The minimum atomic E-state index is -0.495. The van der Waals surface area contributed by atoms with Gasteiger partial charge in [-0.15, -0.1) is 0 Å². The molecule has 0 unspecified atom stereocenters. The van der Waals surface area contributed by atoms with Crippen molar-refractivity contribution in [2.45, 2.75) is 0 Å². The van der Waals surface area contributed by atoms with Gasteiger partial charge in [-0.25, -0.2) is 4.39 Å². The van der Waals surface area contributed by atoms with Crippen LogP contribution in [0.3, 0.4) is 0 Å². The minimum Gasteiger partial charge on any atom is -0.205 e. The summed E-state index contributed by atoms with van der Waals surface area (Å²) in [4.78, 5) is 0. The summed E-state index contributed by atoms with van der Waals surface area (Å²) in [6.07, 6.45) is 1.39. The van der Waals surface area contributed by atoms with Crippen molar-refractivity contribution in [1.82, 2.24) is 0 Å². The van der Waals surface area contributed by atoms with Gasteiger partial charge in [-0.2, -0.15) is 5.26 Å². The number of benzene rings is 1. The predicted octanol–water partition coefficient (Wildman–Crippen LogP) is 2.34. The fourth-order valence-corrected chi connectivity index (χ4v) is 0.794. The molecule has 1 aromatic rings. The van der Waals surface area contributed by atoms with Crippen LogP contribution < -0.4 is 0 Å². The van der Waals surface area contributed by atoms with Crippen molar-refractivity contribution in [3.8, 4) is 6.07 Å². The Labute approximate surface area is 64.4 Å². The van der Waals surface area contributed by atoms with Crippen molar-refractivity contribution in [3.63, 3.8) is 0 Å². The molecule has 0 saturated carbocycles. The molecule has 54 valence electrons. The second-order valence-electron chi connectivity index (χ2n) is 2.02. The molecule has 0 radical (unpaired) electrons. The maximum absolute atomic E-state index is 13.0. The van der Waals surface area contributed by atoms with Crippen LogP contribution >= 0.6 is 0 Å². The predicted molar refractivity (Wildman–Crippen MR) is 41.2 cm³/mol. The molecule has 0 spiro atoms. The molecule has 0 aliphatic heterocycles. The van der Waals surface area contributed by atoms with E-state index in [9.17, 15) is 4.39 Å². The summed E-state index contributed by atoms with van der Waals surface area (Å²) in [5, 5.41) is 8.41. The van der Waals surface area contributed by atoms with E-state index in [1.807, 2.05) is 0 Å². The zero-order chi connectivity index (χ0) is 8.27. The van der Waals surface area contributed by atoms with E-state index in [1.165, 1.54) is 12.1 Å². The first-order valence-corrected chi connectivity index (χ1v) is 3.10. The molecule has 0 aromatic heterocycles. The van der Waals surface area contributed by atoms with Crippen LogP contribution in [0.4, 0.5) is 4.39 Å². The van der Waals surface area contributed by atoms with Gasteiger partial charge in [-0.3, -0.25) is 0 Å². The third-order valence-electron chi connectivity index (χ3n) is 1.37. The van der Waals surface area contributed by atoms with Gasteiger partial charge in [0.05, 0.1) is 5.56 Å². The minimum absolute atomic E-state index is 0.0578. The average molecular weight is 147 g/mol. The normalized spacial score (nSPS) is 8.73. The van der Waals surface area contributed by atoms with Crippen LogP contribution in [0.25, 0.3) is 6.08 Å². The lowest BCUT2D eigenvalue weighted by atomic mass is 10.1. The number of halogens is 1. The summed E-state index contributed by atoms with van der Waals surface area (Å²) in [6, 6.07) is 6.38. The maximum Gasteiger partial charge on any atom is 0.148 e. The van der Waals surface area contributed by atoms with Gasteiger partial charge in [0.15, 0.2) is 0 Å². The van der Waals surface area contributed by atoms with Crippen LogP contribution in [0.2, 0.25) is 0 Å². The Bertz CT molecular complexity index is 323. The summed E-state index contributed by atoms with van der Waals surface area (Å²) in [5.41, 5.74) is 0.423. The van der Waals surface area contributed by atoms with Gasteiger partial charge in [0.1, 0.15) is 11.9 Å². The third-order valence-corrected chi connectivity index (χ3v) is 1.37. The summed E-state index contributed by atoms with van der Waals surface area (Å²) in [7, 11) is 0. The van der Waals surface area contributed by atoms with Crippen molar-refractivity contribution in [2.75, 3.05) is 0 Å². The van der Waals surface area contributed by atoms with Gasteiger partial charge in [0.2, 0.25) is 0 Å². The molecule has 0 N–H and O–H groups in total. The van der Waals surface area contributed by atoms with E-state index in [0.29, 0.717) is 5.56 Å². The van der Waals surface area contributed by atoms with E-state index in [-0.39, 0.29) is 5.56 Å². The number of nitriles is 1. The highest BCUT2D eigenvalue weighted by Crippen LogP contribution is 2.12. The SMILES string of the molecule is C=Cc1cccc(C#N)c1F. The molecule has 1 nitrogen and oxygen atoms in total. The lowest BCUT2D eigenvalue weighted by molar-refractivity contribution is 0.621. The van der Waals surface area contributed by atoms with Gasteiger partial charge < -0.3 is 0 Å². The van der Waals surface area contributed by atoms with E-state index < -0.39 is 5.82 Å². The molecule has 0 fully saturated rings. The quantitative estimate of drug-likeness (QED) is 0.598. The van der Waals surface area contributed by atoms with E-state index in [4.69, 9.17) is 5.26 Å². The van der Waals surface area contributed by atoms with E-state index >= 15 is 0 Å². The molecule has 0 aliphatic carbocycles. The Balaban J connectivity index is 3.34. The van der Waals surface area contributed by atoms with Crippen molar-refractivity contribution < 1.29 is 4.39 Å². The first-order valence-electron chi connectivity index (χ1n) is 3.10. The largest absolute Gasteiger partial charge is 0.205 e. The molecule has 2 heteroatoms. The number of hydrogen-bond donors (Lipinski definition) is 0. The first-order chi connectivity index (χ1) is 5.29. The van der Waals surface area contributed by atoms with E-state index in [1.54, 1.807) is 18.2 Å². The molecule has 1 aromatic carbocycles. The Hall–Kier alpha value is -1.62. The fraction of sp³-hybridized carbons (Fsp3) is 0. The van der Waals surface area contributed by atoms with Gasteiger partial charge >= 0.3 is 0 Å². The Morgan fingerprint density at radius 2 is 2.27 bits per heavy atom.